The summed E-state index contributed by atoms with van der Waals surface area (Å²) in [4.78, 5) is 15.4. The predicted molar refractivity (Wildman–Crippen MR) is 64.0 cm³/mol. The number of nitrogens with one attached hydrogen (secondary N) is 1. The minimum Gasteiger partial charge on any atom is -0.359 e. The van der Waals surface area contributed by atoms with Crippen LogP contribution < -0.4 is 5.32 Å². The van der Waals surface area contributed by atoms with E-state index in [4.69, 9.17) is 4.52 Å². The molecule has 0 aromatic carbocycles. The molecule has 0 aliphatic carbocycles. The fourth-order valence-corrected chi connectivity index (χ4v) is 1.66. The van der Waals surface area contributed by atoms with Crippen LogP contribution in [0.1, 0.15) is 5.82 Å². The molecule has 3 aromatic rings. The molecule has 8 nitrogen and oxygen atoms in total. The fraction of sp³-hybridized carbons (Fsp3) is 0.182. The second-order valence-corrected chi connectivity index (χ2v) is 3.82. The molecule has 1 N–H and O–H groups in total. The maximum Gasteiger partial charge on any atom is 0.261 e. The largest absolute Gasteiger partial charge is 0.359 e. The third-order valence-electron chi connectivity index (χ3n) is 2.60. The summed E-state index contributed by atoms with van der Waals surface area (Å²) in [6.07, 6.45) is 3.31. The summed E-state index contributed by atoms with van der Waals surface area (Å²) in [5.74, 6) is 0.480. The molecule has 0 bridgehead atoms. The first kappa shape index (κ1) is 11.3. The Labute approximate surface area is 107 Å². The van der Waals surface area contributed by atoms with Gasteiger partial charge in [-0.3, -0.25) is 4.79 Å². The van der Waals surface area contributed by atoms with Crippen molar-refractivity contribution in [3.8, 4) is 11.5 Å². The van der Waals surface area contributed by atoms with E-state index in [2.05, 4.69) is 25.7 Å². The van der Waals surface area contributed by atoms with Gasteiger partial charge in [0, 0.05) is 13.2 Å². The average molecular weight is 258 g/mol. The van der Waals surface area contributed by atoms with E-state index in [1.54, 1.807) is 25.5 Å². The van der Waals surface area contributed by atoms with Gasteiger partial charge in [0.2, 0.25) is 5.91 Å². The van der Waals surface area contributed by atoms with Gasteiger partial charge in [0.25, 0.3) is 5.89 Å². The van der Waals surface area contributed by atoms with Crippen molar-refractivity contribution < 1.29 is 9.32 Å². The van der Waals surface area contributed by atoms with Crippen molar-refractivity contribution in [2.24, 2.45) is 0 Å². The quantitative estimate of drug-likeness (QED) is 0.713. The highest BCUT2D eigenvalue weighted by Crippen LogP contribution is 2.21. The molecule has 0 saturated carbocycles. The number of nitrogens with zero attached hydrogens (tertiary/aromatic N) is 5. The van der Waals surface area contributed by atoms with Crippen LogP contribution in [0.5, 0.6) is 0 Å². The van der Waals surface area contributed by atoms with Crippen LogP contribution in [0.15, 0.2) is 29.0 Å². The number of carbonyl (C=O) groups excluding carboxylic acids is 1. The lowest BCUT2D eigenvalue weighted by Crippen LogP contribution is -2.20. The summed E-state index contributed by atoms with van der Waals surface area (Å²) in [6.45, 7) is 0. The van der Waals surface area contributed by atoms with Gasteiger partial charge in [-0.2, -0.15) is 19.8 Å². The molecular weight excluding hydrogens is 248 g/mol. The monoisotopic (exact) mass is 258 g/mol. The molecular formula is C11H10N6O2. The van der Waals surface area contributed by atoms with Crippen LogP contribution in [0.4, 0.5) is 0 Å². The summed E-state index contributed by atoms with van der Waals surface area (Å²) in [7, 11) is 1.56. The van der Waals surface area contributed by atoms with Crippen molar-refractivity contribution in [3.63, 3.8) is 0 Å². The molecule has 0 aliphatic heterocycles. The third-order valence-corrected chi connectivity index (χ3v) is 2.60. The Balaban J connectivity index is 1.96. The maximum absolute atomic E-state index is 11.2. The minimum absolute atomic E-state index is 0.0808. The van der Waals surface area contributed by atoms with E-state index < -0.39 is 0 Å². The molecule has 3 aromatic heterocycles. The second-order valence-electron chi connectivity index (χ2n) is 3.82. The first-order valence-electron chi connectivity index (χ1n) is 5.60. The highest BCUT2D eigenvalue weighted by atomic mass is 16.5. The first-order valence-corrected chi connectivity index (χ1v) is 5.60. The number of aromatic nitrogens is 5. The standard InChI is InChI=1S/C11H10N6O2/c1-12-10(18)5-9-15-11(19-16-9)7-6-14-17-8(7)3-2-4-13-17/h2-4,6H,5H2,1H3,(H,12,18). The van der Waals surface area contributed by atoms with Gasteiger partial charge in [0.15, 0.2) is 5.82 Å². The summed E-state index contributed by atoms with van der Waals surface area (Å²) in [5, 5.41) is 14.4. The normalized spacial score (nSPS) is 10.8. The van der Waals surface area contributed by atoms with Crippen LogP contribution in [0.25, 0.3) is 17.0 Å². The zero-order chi connectivity index (χ0) is 13.2. The van der Waals surface area contributed by atoms with Gasteiger partial charge in [0.05, 0.1) is 18.2 Å². The van der Waals surface area contributed by atoms with Gasteiger partial charge in [-0.25, -0.2) is 0 Å². The first-order chi connectivity index (χ1) is 9.28. The van der Waals surface area contributed by atoms with Crippen molar-refractivity contribution in [1.82, 2.24) is 30.3 Å². The van der Waals surface area contributed by atoms with Crippen LogP contribution in [0, 0.1) is 0 Å². The van der Waals surface area contributed by atoms with Gasteiger partial charge in [-0.05, 0) is 12.1 Å². The number of fused-ring (bicyclic) bond motifs is 1. The van der Waals surface area contributed by atoms with E-state index in [1.807, 2.05) is 6.07 Å². The molecule has 0 spiro atoms. The van der Waals surface area contributed by atoms with E-state index in [0.29, 0.717) is 17.3 Å². The SMILES string of the molecule is CNC(=O)Cc1noc(-c2cnn3ncccc23)n1. The number of likely N-dealkylation sites (N-methyl/N-ethyl adjacent to an activating group) is 1. The third kappa shape index (κ3) is 2.03. The lowest BCUT2D eigenvalue weighted by Gasteiger charge is -1.92. The average Bonchev–Trinajstić information content (AvgIpc) is 3.04. The smallest absolute Gasteiger partial charge is 0.261 e. The zero-order valence-corrected chi connectivity index (χ0v) is 10.1. The van der Waals surface area contributed by atoms with Crippen molar-refractivity contribution in [1.29, 1.82) is 0 Å². The highest BCUT2D eigenvalue weighted by molar-refractivity contribution is 5.78. The van der Waals surface area contributed by atoms with E-state index in [1.165, 1.54) is 4.63 Å². The number of carbonyl (C=O) groups is 1. The molecule has 3 heterocycles. The van der Waals surface area contributed by atoms with Crippen LogP contribution >= 0.6 is 0 Å². The molecule has 3 rings (SSSR count). The Kier molecular flexibility index (Phi) is 2.67. The van der Waals surface area contributed by atoms with Crippen molar-refractivity contribution in [2.45, 2.75) is 6.42 Å². The predicted octanol–water partition coefficient (Wildman–Crippen LogP) is 0.0678. The van der Waals surface area contributed by atoms with Crippen molar-refractivity contribution in [3.05, 3.63) is 30.4 Å². The molecule has 0 unspecified atom stereocenters. The van der Waals surface area contributed by atoms with E-state index in [0.717, 1.165) is 5.52 Å². The second kappa shape index (κ2) is 4.48. The van der Waals surface area contributed by atoms with E-state index >= 15 is 0 Å². The van der Waals surface area contributed by atoms with Gasteiger partial charge < -0.3 is 9.84 Å². The number of hydrogen-bond acceptors (Lipinski definition) is 6. The Morgan fingerprint density at radius 1 is 1.47 bits per heavy atom. The molecule has 1 amide bonds. The lowest BCUT2D eigenvalue weighted by molar-refractivity contribution is -0.120. The van der Waals surface area contributed by atoms with Gasteiger partial charge in [0.1, 0.15) is 5.52 Å². The van der Waals surface area contributed by atoms with Crippen molar-refractivity contribution >= 4 is 11.4 Å². The zero-order valence-electron chi connectivity index (χ0n) is 10.1. The Morgan fingerprint density at radius 2 is 2.37 bits per heavy atom. The summed E-state index contributed by atoms with van der Waals surface area (Å²) in [5.41, 5.74) is 1.45. The number of rotatable bonds is 3. The van der Waals surface area contributed by atoms with Crippen LogP contribution in [-0.4, -0.2) is 37.9 Å². The molecule has 0 atom stereocenters. The van der Waals surface area contributed by atoms with Gasteiger partial charge >= 0.3 is 0 Å². The van der Waals surface area contributed by atoms with Crippen molar-refractivity contribution in [2.75, 3.05) is 7.05 Å². The molecule has 0 fully saturated rings. The minimum atomic E-state index is -0.172. The van der Waals surface area contributed by atoms with Crippen LogP contribution in [0.3, 0.4) is 0 Å². The topological polar surface area (TPSA) is 98.2 Å². The molecule has 96 valence electrons. The molecule has 0 saturated heterocycles. The fourth-order valence-electron chi connectivity index (χ4n) is 1.66. The molecule has 0 radical (unpaired) electrons. The number of amides is 1. The molecule has 8 heteroatoms. The highest BCUT2D eigenvalue weighted by Gasteiger charge is 2.15. The Bertz CT molecular complexity index is 731. The molecule has 19 heavy (non-hydrogen) atoms. The number of hydrogen-bond donors (Lipinski definition) is 1. The van der Waals surface area contributed by atoms with Crippen LogP contribution in [0.2, 0.25) is 0 Å². The van der Waals surface area contributed by atoms with E-state index in [9.17, 15) is 4.79 Å². The lowest BCUT2D eigenvalue weighted by atomic mass is 10.3. The Hall–Kier alpha value is -2.77. The summed E-state index contributed by atoms with van der Waals surface area (Å²) >= 11 is 0. The Morgan fingerprint density at radius 3 is 3.21 bits per heavy atom. The summed E-state index contributed by atoms with van der Waals surface area (Å²) < 4.78 is 6.61. The van der Waals surface area contributed by atoms with Gasteiger partial charge in [-0.15, -0.1) is 0 Å². The maximum atomic E-state index is 11.2. The van der Waals surface area contributed by atoms with Crippen LogP contribution in [-0.2, 0) is 11.2 Å². The summed E-state index contributed by atoms with van der Waals surface area (Å²) in [6, 6.07) is 3.64. The van der Waals surface area contributed by atoms with E-state index in [-0.39, 0.29) is 12.3 Å². The molecule has 0 aliphatic rings. The van der Waals surface area contributed by atoms with Gasteiger partial charge in [-0.1, -0.05) is 5.16 Å².